The number of rotatable bonds is 2. The number of benzene rings is 1. The Bertz CT molecular complexity index is 332. The van der Waals surface area contributed by atoms with Crippen molar-refractivity contribution in [2.24, 2.45) is 0 Å². The highest BCUT2D eigenvalue weighted by Gasteiger charge is 2.03. The number of nitrogens with one attached hydrogen (secondary N) is 1. The van der Waals surface area contributed by atoms with Gasteiger partial charge in [-0.3, -0.25) is 4.79 Å². The van der Waals surface area contributed by atoms with Crippen LogP contribution in [0.5, 0.6) is 0 Å². The van der Waals surface area contributed by atoms with Crippen molar-refractivity contribution in [3.63, 3.8) is 0 Å². The molecule has 0 fully saturated rings. The summed E-state index contributed by atoms with van der Waals surface area (Å²) < 4.78 is 0. The lowest BCUT2D eigenvalue weighted by molar-refractivity contribution is -0.114. The Labute approximate surface area is 85.3 Å². The van der Waals surface area contributed by atoms with Crippen molar-refractivity contribution in [2.45, 2.75) is 34.1 Å². The molecule has 0 unspecified atom stereocenters. The highest BCUT2D eigenvalue weighted by atomic mass is 16.1. The molecule has 0 saturated carbocycles. The Morgan fingerprint density at radius 2 is 1.79 bits per heavy atom. The summed E-state index contributed by atoms with van der Waals surface area (Å²) in [5.41, 5.74) is 4.76. The van der Waals surface area contributed by atoms with E-state index < -0.39 is 0 Å². The number of carbonyl (C=O) groups excluding carboxylic acids is 1. The van der Waals surface area contributed by atoms with E-state index in [-0.39, 0.29) is 5.91 Å². The van der Waals surface area contributed by atoms with Gasteiger partial charge in [0.15, 0.2) is 0 Å². The molecule has 76 valence electrons. The van der Waals surface area contributed by atoms with E-state index in [4.69, 9.17) is 0 Å². The second-order valence-corrected chi connectivity index (χ2v) is 3.62. The first kappa shape index (κ1) is 10.8. The van der Waals surface area contributed by atoms with Crippen molar-refractivity contribution in [3.8, 4) is 0 Å². The number of aryl methyl sites for hydroxylation is 2. The van der Waals surface area contributed by atoms with Crippen LogP contribution < -0.4 is 5.32 Å². The van der Waals surface area contributed by atoms with Gasteiger partial charge < -0.3 is 5.32 Å². The van der Waals surface area contributed by atoms with E-state index in [0.717, 1.165) is 12.1 Å². The summed E-state index contributed by atoms with van der Waals surface area (Å²) >= 11 is 0. The maximum absolute atomic E-state index is 10.9. The van der Waals surface area contributed by atoms with E-state index in [2.05, 4.69) is 26.1 Å². The van der Waals surface area contributed by atoms with Crippen LogP contribution in [0, 0.1) is 13.8 Å². The third kappa shape index (κ3) is 2.34. The van der Waals surface area contributed by atoms with Crippen LogP contribution in [-0.2, 0) is 11.2 Å². The van der Waals surface area contributed by atoms with Gasteiger partial charge in [-0.2, -0.15) is 0 Å². The summed E-state index contributed by atoms with van der Waals surface area (Å²) in [6, 6.07) is 4.04. The monoisotopic (exact) mass is 191 g/mol. The van der Waals surface area contributed by atoms with E-state index in [9.17, 15) is 4.79 Å². The molecular weight excluding hydrogens is 174 g/mol. The first-order valence-electron chi connectivity index (χ1n) is 4.92. The number of hydrogen-bond donors (Lipinski definition) is 1. The fourth-order valence-electron chi connectivity index (χ4n) is 1.83. The molecule has 1 aromatic carbocycles. The van der Waals surface area contributed by atoms with Gasteiger partial charge in [-0.05, 0) is 49.1 Å². The molecule has 0 spiro atoms. The zero-order valence-corrected chi connectivity index (χ0v) is 9.27. The summed E-state index contributed by atoms with van der Waals surface area (Å²) in [6.45, 7) is 7.83. The molecule has 14 heavy (non-hydrogen) atoms. The second kappa shape index (κ2) is 4.27. The molecule has 0 radical (unpaired) electrons. The molecule has 2 heteroatoms. The normalized spacial score (nSPS) is 10.0. The van der Waals surface area contributed by atoms with E-state index in [1.807, 2.05) is 12.1 Å². The first-order chi connectivity index (χ1) is 6.54. The van der Waals surface area contributed by atoms with Crippen molar-refractivity contribution in [3.05, 3.63) is 28.8 Å². The summed E-state index contributed by atoms with van der Waals surface area (Å²) in [7, 11) is 0. The van der Waals surface area contributed by atoms with Crippen molar-refractivity contribution < 1.29 is 4.79 Å². The van der Waals surface area contributed by atoms with Crippen LogP contribution in [-0.4, -0.2) is 5.91 Å². The lowest BCUT2D eigenvalue weighted by Crippen LogP contribution is -2.07. The van der Waals surface area contributed by atoms with Gasteiger partial charge in [0.25, 0.3) is 0 Å². The second-order valence-electron chi connectivity index (χ2n) is 3.62. The molecule has 1 aromatic rings. The van der Waals surface area contributed by atoms with Crippen LogP contribution in [0.3, 0.4) is 0 Å². The predicted octanol–water partition coefficient (Wildman–Crippen LogP) is 2.82. The highest BCUT2D eigenvalue weighted by Crippen LogP contribution is 2.20. The Hall–Kier alpha value is -1.31. The lowest BCUT2D eigenvalue weighted by atomic mass is 10.00. The number of hydrogen-bond acceptors (Lipinski definition) is 1. The maximum atomic E-state index is 10.9. The van der Waals surface area contributed by atoms with E-state index >= 15 is 0 Å². The van der Waals surface area contributed by atoms with Crippen LogP contribution in [0.25, 0.3) is 0 Å². The summed E-state index contributed by atoms with van der Waals surface area (Å²) in [6.07, 6.45) is 1.04. The zero-order chi connectivity index (χ0) is 10.7. The Balaban J connectivity index is 3.07. The van der Waals surface area contributed by atoms with Gasteiger partial charge in [-0.25, -0.2) is 0 Å². The average molecular weight is 191 g/mol. The van der Waals surface area contributed by atoms with Crippen molar-refractivity contribution in [1.29, 1.82) is 0 Å². The number of carbonyl (C=O) groups is 1. The Morgan fingerprint density at radius 1 is 1.29 bits per heavy atom. The number of amides is 1. The molecule has 0 aliphatic carbocycles. The quantitative estimate of drug-likeness (QED) is 0.765. The van der Waals surface area contributed by atoms with Gasteiger partial charge in [0, 0.05) is 12.6 Å². The van der Waals surface area contributed by atoms with E-state index in [1.165, 1.54) is 23.6 Å². The molecule has 0 heterocycles. The lowest BCUT2D eigenvalue weighted by Gasteiger charge is -2.11. The predicted molar refractivity (Wildman–Crippen MR) is 59.6 cm³/mol. The van der Waals surface area contributed by atoms with Crippen LogP contribution in [0.4, 0.5) is 5.69 Å². The van der Waals surface area contributed by atoms with Crippen LogP contribution in [0.2, 0.25) is 0 Å². The highest BCUT2D eigenvalue weighted by molar-refractivity contribution is 5.88. The van der Waals surface area contributed by atoms with Gasteiger partial charge in [0.2, 0.25) is 5.91 Å². The van der Waals surface area contributed by atoms with Gasteiger partial charge in [0.1, 0.15) is 0 Å². The van der Waals surface area contributed by atoms with Gasteiger partial charge in [-0.1, -0.05) is 6.92 Å². The van der Waals surface area contributed by atoms with Crippen molar-refractivity contribution in [2.75, 3.05) is 5.32 Å². The fraction of sp³-hybridized carbons (Fsp3) is 0.417. The molecule has 0 aliphatic rings. The molecule has 0 aliphatic heterocycles. The topological polar surface area (TPSA) is 29.1 Å². The van der Waals surface area contributed by atoms with Gasteiger partial charge in [0.05, 0.1) is 0 Å². The van der Waals surface area contributed by atoms with Crippen molar-refractivity contribution in [1.82, 2.24) is 0 Å². The SMILES string of the molecule is CCc1c(C)cc(NC(C)=O)cc1C. The third-order valence-corrected chi connectivity index (χ3v) is 2.37. The standard InChI is InChI=1S/C12H17NO/c1-5-12-8(2)6-11(7-9(12)3)13-10(4)14/h6-7H,5H2,1-4H3,(H,13,14). The Kier molecular flexibility index (Phi) is 3.28. The fourth-order valence-corrected chi connectivity index (χ4v) is 1.83. The molecule has 0 atom stereocenters. The molecular formula is C12H17NO. The van der Waals surface area contributed by atoms with Gasteiger partial charge >= 0.3 is 0 Å². The van der Waals surface area contributed by atoms with E-state index in [0.29, 0.717) is 0 Å². The summed E-state index contributed by atoms with van der Waals surface area (Å²) in [5, 5.41) is 2.80. The van der Waals surface area contributed by atoms with Crippen LogP contribution in [0.1, 0.15) is 30.5 Å². The minimum Gasteiger partial charge on any atom is -0.326 e. The van der Waals surface area contributed by atoms with E-state index in [1.54, 1.807) is 0 Å². The maximum Gasteiger partial charge on any atom is 0.221 e. The largest absolute Gasteiger partial charge is 0.326 e. The van der Waals surface area contributed by atoms with Crippen LogP contribution in [0.15, 0.2) is 12.1 Å². The number of anilines is 1. The molecule has 0 saturated heterocycles. The van der Waals surface area contributed by atoms with Crippen LogP contribution >= 0.6 is 0 Å². The molecule has 2 nitrogen and oxygen atoms in total. The summed E-state index contributed by atoms with van der Waals surface area (Å²) in [5.74, 6) is -0.0203. The minimum absolute atomic E-state index is 0.0203. The smallest absolute Gasteiger partial charge is 0.221 e. The van der Waals surface area contributed by atoms with Gasteiger partial charge in [-0.15, -0.1) is 0 Å². The zero-order valence-electron chi connectivity index (χ0n) is 9.27. The summed E-state index contributed by atoms with van der Waals surface area (Å²) in [4.78, 5) is 10.9. The molecule has 1 rings (SSSR count). The molecule has 0 aromatic heterocycles. The van der Waals surface area contributed by atoms with Crippen molar-refractivity contribution >= 4 is 11.6 Å². The molecule has 0 bridgehead atoms. The molecule has 1 amide bonds. The third-order valence-electron chi connectivity index (χ3n) is 2.37. The molecule has 1 N–H and O–H groups in total. The first-order valence-corrected chi connectivity index (χ1v) is 4.92. The minimum atomic E-state index is -0.0203. The Morgan fingerprint density at radius 3 is 2.14 bits per heavy atom. The average Bonchev–Trinajstić information content (AvgIpc) is 2.01.